The molecule has 4 rings (SSSR count). The van der Waals surface area contributed by atoms with Gasteiger partial charge < -0.3 is 5.32 Å². The van der Waals surface area contributed by atoms with Crippen molar-refractivity contribution in [2.75, 3.05) is 18.4 Å². The summed E-state index contributed by atoms with van der Waals surface area (Å²) in [7, 11) is -3.53. The van der Waals surface area contributed by atoms with Crippen LogP contribution in [0.15, 0.2) is 52.7 Å². The van der Waals surface area contributed by atoms with Gasteiger partial charge in [-0.05, 0) is 57.4 Å². The molecule has 1 saturated heterocycles. The number of aromatic nitrogens is 1. The molecule has 6 nitrogen and oxygen atoms in total. The highest BCUT2D eigenvalue weighted by Crippen LogP contribution is 2.30. The van der Waals surface area contributed by atoms with E-state index < -0.39 is 10.0 Å². The van der Waals surface area contributed by atoms with Crippen LogP contribution in [-0.2, 0) is 14.8 Å². The zero-order valence-electron chi connectivity index (χ0n) is 18.5. The van der Waals surface area contributed by atoms with E-state index in [2.05, 4.69) is 28.5 Å². The van der Waals surface area contributed by atoms with E-state index >= 15 is 0 Å². The first-order valence-corrected chi connectivity index (χ1v) is 13.0. The van der Waals surface area contributed by atoms with Crippen LogP contribution >= 0.6 is 11.3 Å². The van der Waals surface area contributed by atoms with E-state index in [0.717, 1.165) is 27.9 Å². The largest absolute Gasteiger partial charge is 0.302 e. The number of sulfonamides is 1. The Morgan fingerprint density at radius 2 is 1.69 bits per heavy atom. The lowest BCUT2D eigenvalue weighted by molar-refractivity contribution is -0.120. The molecule has 2 heterocycles. The van der Waals surface area contributed by atoms with E-state index in [-0.39, 0.29) is 11.8 Å². The Hall–Kier alpha value is -2.55. The Labute approximate surface area is 193 Å². The number of amides is 1. The number of aryl methyl sites for hydroxylation is 3. The van der Waals surface area contributed by atoms with Crippen LogP contribution in [0.1, 0.15) is 29.5 Å². The highest BCUT2D eigenvalue weighted by molar-refractivity contribution is 7.89. The minimum absolute atomic E-state index is 0.0979. The van der Waals surface area contributed by atoms with Crippen molar-refractivity contribution in [3.63, 3.8) is 0 Å². The number of piperidine rings is 1. The van der Waals surface area contributed by atoms with Crippen molar-refractivity contribution in [3.8, 4) is 11.3 Å². The van der Waals surface area contributed by atoms with Crippen molar-refractivity contribution in [1.82, 2.24) is 9.29 Å². The van der Waals surface area contributed by atoms with Crippen molar-refractivity contribution < 1.29 is 13.2 Å². The number of benzene rings is 2. The molecular formula is C24H27N3O3S2. The predicted octanol–water partition coefficient (Wildman–Crippen LogP) is 4.77. The van der Waals surface area contributed by atoms with Gasteiger partial charge >= 0.3 is 0 Å². The lowest BCUT2D eigenvalue weighted by atomic mass is 9.97. The monoisotopic (exact) mass is 469 g/mol. The van der Waals surface area contributed by atoms with Crippen LogP contribution < -0.4 is 5.32 Å². The second kappa shape index (κ2) is 9.13. The molecule has 0 spiro atoms. The first-order chi connectivity index (χ1) is 15.2. The molecule has 1 aromatic heterocycles. The van der Waals surface area contributed by atoms with Gasteiger partial charge in [0.05, 0.1) is 10.6 Å². The lowest BCUT2D eigenvalue weighted by Gasteiger charge is -2.30. The summed E-state index contributed by atoms with van der Waals surface area (Å²) in [6, 6.07) is 13.1. The van der Waals surface area contributed by atoms with Crippen LogP contribution in [0.4, 0.5) is 5.13 Å². The summed E-state index contributed by atoms with van der Waals surface area (Å²) in [5.41, 5.74) is 5.24. The third-order valence-corrected chi connectivity index (χ3v) is 8.56. The molecule has 0 saturated carbocycles. The number of thiazole rings is 1. The third-order valence-electron chi connectivity index (χ3n) is 5.89. The van der Waals surface area contributed by atoms with Crippen molar-refractivity contribution >= 4 is 32.4 Å². The van der Waals surface area contributed by atoms with Gasteiger partial charge in [-0.1, -0.05) is 35.4 Å². The maximum absolute atomic E-state index is 12.9. The quantitative estimate of drug-likeness (QED) is 0.583. The highest BCUT2D eigenvalue weighted by atomic mass is 32.2. The number of rotatable bonds is 5. The first kappa shape index (κ1) is 22.6. The lowest BCUT2D eigenvalue weighted by Crippen LogP contribution is -2.41. The molecular weight excluding hydrogens is 442 g/mol. The van der Waals surface area contributed by atoms with Crippen LogP contribution in [0, 0.1) is 26.7 Å². The van der Waals surface area contributed by atoms with E-state index in [1.807, 2.05) is 26.2 Å². The Kier molecular flexibility index (Phi) is 6.46. The van der Waals surface area contributed by atoms with E-state index in [4.69, 9.17) is 0 Å². The molecule has 1 aliphatic heterocycles. The molecule has 3 aromatic rings. The summed E-state index contributed by atoms with van der Waals surface area (Å²) in [5, 5.41) is 5.45. The number of anilines is 1. The standard InChI is InChI=1S/C24H27N3O3S2/c1-16-5-8-20(9-6-16)32(29,30)27-12-10-19(11-13-27)23(28)26-24-25-22(15-31-24)21-14-17(2)4-7-18(21)3/h4-9,14-15,19H,10-13H2,1-3H3,(H,25,26,28). The van der Waals surface area contributed by atoms with Gasteiger partial charge in [-0.3, -0.25) is 4.79 Å². The Bertz CT molecular complexity index is 1230. The van der Waals surface area contributed by atoms with Crippen LogP contribution in [-0.4, -0.2) is 36.7 Å². The molecule has 1 aliphatic rings. The van der Waals surface area contributed by atoms with Crippen LogP contribution in [0.25, 0.3) is 11.3 Å². The normalized spacial score (nSPS) is 15.6. The minimum Gasteiger partial charge on any atom is -0.302 e. The SMILES string of the molecule is Cc1ccc(S(=O)(=O)N2CCC(C(=O)Nc3nc(-c4cc(C)ccc4C)cs3)CC2)cc1. The molecule has 1 fully saturated rings. The molecule has 1 amide bonds. The van der Waals surface area contributed by atoms with Gasteiger partial charge in [0, 0.05) is 30.0 Å². The fraction of sp³-hybridized carbons (Fsp3) is 0.333. The molecule has 2 aromatic carbocycles. The molecule has 32 heavy (non-hydrogen) atoms. The molecule has 1 N–H and O–H groups in total. The summed E-state index contributed by atoms with van der Waals surface area (Å²) in [5.74, 6) is -0.327. The van der Waals surface area contributed by atoms with Crippen molar-refractivity contribution in [3.05, 3.63) is 64.5 Å². The number of hydrogen-bond donors (Lipinski definition) is 1. The second-order valence-electron chi connectivity index (χ2n) is 8.34. The zero-order chi connectivity index (χ0) is 22.9. The summed E-state index contributed by atoms with van der Waals surface area (Å²) < 4.78 is 27.2. The van der Waals surface area contributed by atoms with Gasteiger partial charge in [0.15, 0.2) is 5.13 Å². The van der Waals surface area contributed by atoms with Crippen LogP contribution in [0.3, 0.4) is 0 Å². The molecule has 8 heteroatoms. The van der Waals surface area contributed by atoms with Crippen molar-refractivity contribution in [2.45, 2.75) is 38.5 Å². The van der Waals surface area contributed by atoms with Gasteiger partial charge in [0.25, 0.3) is 0 Å². The third kappa shape index (κ3) is 4.77. The summed E-state index contributed by atoms with van der Waals surface area (Å²) >= 11 is 1.41. The fourth-order valence-electron chi connectivity index (χ4n) is 3.89. The van der Waals surface area contributed by atoms with E-state index in [0.29, 0.717) is 36.0 Å². The van der Waals surface area contributed by atoms with Gasteiger partial charge in [-0.25, -0.2) is 13.4 Å². The molecule has 0 aliphatic carbocycles. The molecule has 0 radical (unpaired) electrons. The topological polar surface area (TPSA) is 79.4 Å². The number of hydrogen-bond acceptors (Lipinski definition) is 5. The molecule has 0 bridgehead atoms. The Balaban J connectivity index is 1.38. The molecule has 168 valence electrons. The van der Waals surface area contributed by atoms with Crippen molar-refractivity contribution in [2.24, 2.45) is 5.92 Å². The number of carbonyl (C=O) groups excluding carboxylic acids is 1. The smallest absolute Gasteiger partial charge is 0.243 e. The van der Waals surface area contributed by atoms with Crippen molar-refractivity contribution in [1.29, 1.82) is 0 Å². The maximum atomic E-state index is 12.9. The summed E-state index contributed by atoms with van der Waals surface area (Å²) in [6.07, 6.45) is 0.984. The van der Waals surface area contributed by atoms with Gasteiger partial charge in [0.2, 0.25) is 15.9 Å². The molecule has 0 atom stereocenters. The summed E-state index contributed by atoms with van der Waals surface area (Å²) in [4.78, 5) is 17.7. The van der Waals surface area contributed by atoms with Crippen LogP contribution in [0.5, 0.6) is 0 Å². The Morgan fingerprint density at radius 3 is 2.38 bits per heavy atom. The van der Waals surface area contributed by atoms with E-state index in [1.54, 1.807) is 24.3 Å². The number of nitrogens with zero attached hydrogens (tertiary/aromatic N) is 2. The number of carbonyl (C=O) groups is 1. The zero-order valence-corrected chi connectivity index (χ0v) is 20.1. The van der Waals surface area contributed by atoms with E-state index in [1.165, 1.54) is 15.6 Å². The minimum atomic E-state index is -3.53. The highest BCUT2D eigenvalue weighted by Gasteiger charge is 2.32. The van der Waals surface area contributed by atoms with Gasteiger partial charge in [-0.2, -0.15) is 4.31 Å². The molecule has 0 unspecified atom stereocenters. The maximum Gasteiger partial charge on any atom is 0.243 e. The fourth-order valence-corrected chi connectivity index (χ4v) is 6.07. The second-order valence-corrected chi connectivity index (χ2v) is 11.1. The first-order valence-electron chi connectivity index (χ1n) is 10.6. The Morgan fingerprint density at radius 1 is 1.03 bits per heavy atom. The van der Waals surface area contributed by atoms with Crippen LogP contribution in [0.2, 0.25) is 0 Å². The van der Waals surface area contributed by atoms with Gasteiger partial charge in [-0.15, -0.1) is 11.3 Å². The average molecular weight is 470 g/mol. The predicted molar refractivity (Wildman–Crippen MR) is 128 cm³/mol. The van der Waals surface area contributed by atoms with E-state index in [9.17, 15) is 13.2 Å². The number of nitrogens with one attached hydrogen (secondary N) is 1. The summed E-state index contributed by atoms with van der Waals surface area (Å²) in [6.45, 7) is 6.68. The average Bonchev–Trinajstić information content (AvgIpc) is 3.24. The van der Waals surface area contributed by atoms with Gasteiger partial charge in [0.1, 0.15) is 0 Å².